The zero-order valence-corrected chi connectivity index (χ0v) is 14.2. The first-order chi connectivity index (χ1) is 9.65. The minimum atomic E-state index is -0.0841. The summed E-state index contributed by atoms with van der Waals surface area (Å²) in [7, 11) is 0. The van der Waals surface area contributed by atoms with E-state index in [-0.39, 0.29) is 5.91 Å². The van der Waals surface area contributed by atoms with Gasteiger partial charge in [-0.15, -0.1) is 22.7 Å². The molecule has 0 bridgehead atoms. The summed E-state index contributed by atoms with van der Waals surface area (Å²) >= 11 is 6.39. The lowest BCUT2D eigenvalue weighted by Crippen LogP contribution is -2.29. The molecule has 1 amide bonds. The summed E-state index contributed by atoms with van der Waals surface area (Å²) in [6, 6.07) is 3.70. The smallest absolute Gasteiger partial charge is 0.267 e. The van der Waals surface area contributed by atoms with E-state index >= 15 is 0 Å². The molecule has 0 fully saturated rings. The maximum absolute atomic E-state index is 12.1. The molecule has 2 aromatic rings. The van der Waals surface area contributed by atoms with Gasteiger partial charge in [0.05, 0.1) is 14.4 Å². The number of fused-ring (bicyclic) bond motifs is 1. The van der Waals surface area contributed by atoms with Gasteiger partial charge >= 0.3 is 0 Å². The third kappa shape index (κ3) is 2.95. The van der Waals surface area contributed by atoms with Crippen LogP contribution < -0.4 is 5.32 Å². The van der Waals surface area contributed by atoms with Crippen LogP contribution in [0.25, 0.3) is 0 Å². The Kier molecular flexibility index (Phi) is 4.21. The number of anilines is 1. The first-order valence-corrected chi connectivity index (χ1v) is 8.86. The number of nitrogens with one attached hydrogen (secondary N) is 1. The van der Waals surface area contributed by atoms with Gasteiger partial charge < -0.3 is 0 Å². The number of carbonyl (C=O) groups is 1. The largest absolute Gasteiger partial charge is 0.298 e. The van der Waals surface area contributed by atoms with Crippen molar-refractivity contribution in [2.45, 2.75) is 19.9 Å². The Morgan fingerprint density at radius 3 is 3.05 bits per heavy atom. The van der Waals surface area contributed by atoms with Gasteiger partial charge in [-0.2, -0.15) is 0 Å². The number of thiophene rings is 1. The third-order valence-corrected chi connectivity index (χ3v) is 5.90. The summed E-state index contributed by atoms with van der Waals surface area (Å²) in [6.07, 6.45) is 0.972. The lowest BCUT2D eigenvalue weighted by atomic mass is 10.2. The van der Waals surface area contributed by atoms with E-state index in [2.05, 4.69) is 38.1 Å². The fourth-order valence-electron chi connectivity index (χ4n) is 2.17. The molecule has 20 heavy (non-hydrogen) atoms. The first kappa shape index (κ1) is 14.2. The molecule has 0 spiro atoms. The highest BCUT2D eigenvalue weighted by Crippen LogP contribution is 2.29. The molecule has 2 aromatic heterocycles. The van der Waals surface area contributed by atoms with Gasteiger partial charge in [0.25, 0.3) is 5.91 Å². The highest BCUT2D eigenvalue weighted by atomic mass is 79.9. The molecule has 1 aliphatic heterocycles. The average Bonchev–Trinajstić information content (AvgIpc) is 3.03. The quantitative estimate of drug-likeness (QED) is 0.896. The number of nitrogens with zero attached hydrogens (tertiary/aromatic N) is 2. The van der Waals surface area contributed by atoms with Gasteiger partial charge in [0, 0.05) is 24.4 Å². The Balaban J connectivity index is 1.73. The van der Waals surface area contributed by atoms with Gasteiger partial charge in [-0.3, -0.25) is 15.0 Å². The lowest BCUT2D eigenvalue weighted by molar-refractivity contribution is 0.103. The van der Waals surface area contributed by atoms with Gasteiger partial charge in [0.2, 0.25) is 0 Å². The van der Waals surface area contributed by atoms with Crippen molar-refractivity contribution in [1.29, 1.82) is 0 Å². The molecular weight excluding hydrogens is 358 g/mol. The topological polar surface area (TPSA) is 45.2 Å². The maximum atomic E-state index is 12.1. The van der Waals surface area contributed by atoms with Gasteiger partial charge in [0.1, 0.15) is 0 Å². The first-order valence-electron chi connectivity index (χ1n) is 6.43. The molecular formula is C13H14BrN3OS2. The van der Waals surface area contributed by atoms with Crippen LogP contribution >= 0.6 is 38.6 Å². The van der Waals surface area contributed by atoms with Crippen molar-refractivity contribution >= 4 is 49.6 Å². The van der Waals surface area contributed by atoms with Crippen molar-refractivity contribution in [3.8, 4) is 0 Å². The average molecular weight is 372 g/mol. The molecule has 0 unspecified atom stereocenters. The second kappa shape index (κ2) is 5.93. The number of aromatic nitrogens is 1. The van der Waals surface area contributed by atoms with Crippen LogP contribution in [0.5, 0.6) is 0 Å². The Morgan fingerprint density at radius 2 is 2.35 bits per heavy atom. The van der Waals surface area contributed by atoms with E-state index in [4.69, 9.17) is 0 Å². The van der Waals surface area contributed by atoms with Crippen molar-refractivity contribution in [3.63, 3.8) is 0 Å². The summed E-state index contributed by atoms with van der Waals surface area (Å²) < 4.78 is 0.958. The maximum Gasteiger partial charge on any atom is 0.267 e. The van der Waals surface area contributed by atoms with E-state index in [1.165, 1.54) is 16.2 Å². The molecule has 0 saturated heterocycles. The number of thiazole rings is 1. The number of carbonyl (C=O) groups excluding carboxylic acids is 1. The fraction of sp³-hybridized carbons (Fsp3) is 0.385. The summed E-state index contributed by atoms with van der Waals surface area (Å²) in [5, 5.41) is 3.61. The van der Waals surface area contributed by atoms with Gasteiger partial charge in [-0.05, 0) is 34.6 Å². The summed E-state index contributed by atoms with van der Waals surface area (Å²) in [5.74, 6) is -0.0841. The van der Waals surface area contributed by atoms with E-state index < -0.39 is 0 Å². The number of hydrogen-bond acceptors (Lipinski definition) is 5. The van der Waals surface area contributed by atoms with E-state index in [0.717, 1.165) is 35.5 Å². The Bertz CT molecular complexity index is 637. The second-order valence-electron chi connectivity index (χ2n) is 4.57. The predicted molar refractivity (Wildman–Crippen MR) is 86.7 cm³/mol. The van der Waals surface area contributed by atoms with Crippen LogP contribution in [-0.2, 0) is 13.0 Å². The molecule has 3 rings (SSSR count). The Hall–Kier alpha value is -0.760. The molecule has 3 heterocycles. The summed E-state index contributed by atoms with van der Waals surface area (Å²) in [4.78, 5) is 21.0. The zero-order chi connectivity index (χ0) is 14.1. The monoisotopic (exact) mass is 371 g/mol. The van der Waals surface area contributed by atoms with E-state index in [0.29, 0.717) is 10.0 Å². The molecule has 1 aliphatic rings. The van der Waals surface area contributed by atoms with Crippen LogP contribution in [0.4, 0.5) is 5.13 Å². The third-order valence-electron chi connectivity index (χ3n) is 3.27. The summed E-state index contributed by atoms with van der Waals surface area (Å²) in [5.41, 5.74) is 1.14. The van der Waals surface area contributed by atoms with Gasteiger partial charge in [0.15, 0.2) is 5.13 Å². The van der Waals surface area contributed by atoms with E-state index in [9.17, 15) is 4.79 Å². The zero-order valence-electron chi connectivity index (χ0n) is 11.0. The predicted octanol–water partition coefficient (Wildman–Crippen LogP) is 3.60. The van der Waals surface area contributed by atoms with Crippen molar-refractivity contribution in [1.82, 2.24) is 9.88 Å². The molecule has 0 aromatic carbocycles. The molecule has 7 heteroatoms. The van der Waals surface area contributed by atoms with E-state index in [1.54, 1.807) is 11.3 Å². The van der Waals surface area contributed by atoms with Crippen molar-refractivity contribution in [2.75, 3.05) is 18.4 Å². The normalized spacial score (nSPS) is 15.1. The minimum Gasteiger partial charge on any atom is -0.298 e. The SMILES string of the molecule is CCN1CCc2nc(NC(=O)c3ccc(Br)s3)sc2C1. The fourth-order valence-corrected chi connectivity index (χ4v) is 4.49. The molecule has 0 saturated carbocycles. The van der Waals surface area contributed by atoms with Crippen LogP contribution in [-0.4, -0.2) is 28.9 Å². The Morgan fingerprint density at radius 1 is 1.50 bits per heavy atom. The number of halogens is 1. The van der Waals surface area contributed by atoms with Crippen LogP contribution in [0.1, 0.15) is 27.2 Å². The molecule has 0 radical (unpaired) electrons. The molecule has 0 atom stereocenters. The number of rotatable bonds is 3. The standard InChI is InChI=1S/C13H14BrN3OS2/c1-2-17-6-5-8-10(7-17)20-13(15-8)16-12(18)9-3-4-11(14)19-9/h3-4H,2,5-7H2,1H3,(H,15,16,18). The molecule has 4 nitrogen and oxygen atoms in total. The van der Waals surface area contributed by atoms with Crippen molar-refractivity contribution in [2.24, 2.45) is 0 Å². The van der Waals surface area contributed by atoms with Gasteiger partial charge in [-0.1, -0.05) is 6.92 Å². The van der Waals surface area contributed by atoms with Crippen LogP contribution in [0.2, 0.25) is 0 Å². The highest BCUT2D eigenvalue weighted by molar-refractivity contribution is 9.11. The summed E-state index contributed by atoms with van der Waals surface area (Å²) in [6.45, 7) is 5.23. The van der Waals surface area contributed by atoms with Crippen LogP contribution in [0.15, 0.2) is 15.9 Å². The van der Waals surface area contributed by atoms with E-state index in [1.807, 2.05) is 12.1 Å². The number of hydrogen-bond donors (Lipinski definition) is 1. The number of amides is 1. The molecule has 106 valence electrons. The second-order valence-corrected chi connectivity index (χ2v) is 8.11. The van der Waals surface area contributed by atoms with Crippen molar-refractivity contribution in [3.05, 3.63) is 31.4 Å². The number of likely N-dealkylation sites (N-methyl/N-ethyl adjacent to an activating group) is 1. The van der Waals surface area contributed by atoms with Gasteiger partial charge in [-0.25, -0.2) is 4.98 Å². The van der Waals surface area contributed by atoms with Crippen molar-refractivity contribution < 1.29 is 4.79 Å². The van der Waals surface area contributed by atoms with Crippen LogP contribution in [0.3, 0.4) is 0 Å². The van der Waals surface area contributed by atoms with Crippen LogP contribution in [0, 0.1) is 0 Å². The Labute approximate surface area is 134 Å². The highest BCUT2D eigenvalue weighted by Gasteiger charge is 2.20. The lowest BCUT2D eigenvalue weighted by Gasteiger charge is -2.23. The molecule has 0 aliphatic carbocycles. The minimum absolute atomic E-state index is 0.0841. The molecule has 1 N–H and O–H groups in total.